The monoisotopic (exact) mass is 271 g/mol. The maximum absolute atomic E-state index is 11.0. The van der Waals surface area contributed by atoms with Gasteiger partial charge in [0, 0.05) is 18.1 Å². The fourth-order valence-electron chi connectivity index (χ4n) is 1.58. The smallest absolute Gasteiger partial charge is 0.345 e. The molecule has 0 amide bonds. The van der Waals surface area contributed by atoms with Crippen molar-refractivity contribution in [3.05, 3.63) is 33.3 Å². The molecule has 0 saturated heterocycles. The van der Waals surface area contributed by atoms with Gasteiger partial charge in [-0.1, -0.05) is 11.6 Å². The predicted octanol–water partition coefficient (Wildman–Crippen LogP) is 2.49. The van der Waals surface area contributed by atoms with Crippen LogP contribution in [0.5, 0.6) is 5.75 Å². The lowest BCUT2D eigenvalue weighted by Gasteiger charge is -2.15. The number of aliphatic carboxylic acids is 1. The molecule has 1 aliphatic rings. The summed E-state index contributed by atoms with van der Waals surface area (Å²) in [5, 5.41) is 19.6. The highest BCUT2D eigenvalue weighted by Crippen LogP contribution is 2.37. The normalized spacial score (nSPS) is 16.1. The number of carbonyl (C=O) groups is 1. The van der Waals surface area contributed by atoms with E-state index in [9.17, 15) is 14.9 Å². The number of nitrogens with zero attached hydrogens (tertiary/aromatic N) is 1. The molecule has 1 aromatic carbocycles. The molecule has 2 rings (SSSR count). The summed E-state index contributed by atoms with van der Waals surface area (Å²) in [6.07, 6.45) is 0.673. The molecule has 96 valence electrons. The highest BCUT2D eigenvalue weighted by atomic mass is 35.5. The number of ether oxygens (including phenoxy) is 1. The molecular formula is C11H10ClNO5. The molecule has 18 heavy (non-hydrogen) atoms. The molecule has 0 bridgehead atoms. The van der Waals surface area contributed by atoms with Crippen molar-refractivity contribution in [2.75, 3.05) is 0 Å². The van der Waals surface area contributed by atoms with E-state index >= 15 is 0 Å². The van der Waals surface area contributed by atoms with Crippen LogP contribution in [0.25, 0.3) is 0 Å². The minimum absolute atomic E-state index is 0.00578. The van der Waals surface area contributed by atoms with Crippen molar-refractivity contribution >= 4 is 23.3 Å². The van der Waals surface area contributed by atoms with Gasteiger partial charge in [0.15, 0.2) is 6.10 Å². The molecule has 1 atom stereocenters. The van der Waals surface area contributed by atoms with Gasteiger partial charge in [0.1, 0.15) is 5.75 Å². The Balaban J connectivity index is 2.18. The average molecular weight is 272 g/mol. The van der Waals surface area contributed by atoms with E-state index in [4.69, 9.17) is 21.4 Å². The van der Waals surface area contributed by atoms with Crippen LogP contribution >= 0.6 is 11.6 Å². The second-order valence-corrected chi connectivity index (χ2v) is 4.49. The van der Waals surface area contributed by atoms with Gasteiger partial charge in [-0.25, -0.2) is 4.79 Å². The molecule has 0 radical (unpaired) electrons. The minimum atomic E-state index is -1.05. The summed E-state index contributed by atoms with van der Waals surface area (Å²) in [4.78, 5) is 20.9. The standard InChI is InChI=1S/C11H10ClNO5/c12-8-5-7(13(16)17)3-4-9(8)18-10(11(14)15)6-1-2-6/h3-6,10H,1-2H2,(H,14,15). The quantitative estimate of drug-likeness (QED) is 0.656. The van der Waals surface area contributed by atoms with Gasteiger partial charge in [-0.3, -0.25) is 10.1 Å². The molecule has 1 fully saturated rings. The summed E-state index contributed by atoms with van der Waals surface area (Å²) in [6.45, 7) is 0. The van der Waals surface area contributed by atoms with Crippen LogP contribution in [0, 0.1) is 16.0 Å². The molecule has 1 aromatic rings. The summed E-state index contributed by atoms with van der Waals surface area (Å²) in [5.41, 5.74) is -0.161. The lowest BCUT2D eigenvalue weighted by atomic mass is 10.2. The Hall–Kier alpha value is -1.82. The topological polar surface area (TPSA) is 89.7 Å². The Morgan fingerprint density at radius 2 is 2.22 bits per heavy atom. The van der Waals surface area contributed by atoms with E-state index in [1.807, 2.05) is 0 Å². The molecule has 1 unspecified atom stereocenters. The maximum atomic E-state index is 11.0. The number of benzene rings is 1. The van der Waals surface area contributed by atoms with Gasteiger partial charge < -0.3 is 9.84 Å². The maximum Gasteiger partial charge on any atom is 0.345 e. The molecule has 0 spiro atoms. The Kier molecular flexibility index (Phi) is 3.38. The molecule has 0 aromatic heterocycles. The van der Waals surface area contributed by atoms with Crippen LogP contribution in [-0.4, -0.2) is 22.1 Å². The van der Waals surface area contributed by atoms with Crippen molar-refractivity contribution in [1.82, 2.24) is 0 Å². The van der Waals surface area contributed by atoms with Gasteiger partial charge in [0.05, 0.1) is 9.95 Å². The number of halogens is 1. The first-order chi connectivity index (χ1) is 8.49. The van der Waals surface area contributed by atoms with Crippen molar-refractivity contribution in [3.63, 3.8) is 0 Å². The van der Waals surface area contributed by atoms with Gasteiger partial charge in [-0.2, -0.15) is 0 Å². The molecule has 0 heterocycles. The summed E-state index contributed by atoms with van der Waals surface area (Å²) < 4.78 is 5.31. The zero-order chi connectivity index (χ0) is 13.3. The third-order valence-corrected chi connectivity index (χ3v) is 2.97. The number of hydrogen-bond acceptors (Lipinski definition) is 4. The summed E-state index contributed by atoms with van der Waals surface area (Å²) in [7, 11) is 0. The van der Waals surface area contributed by atoms with Gasteiger partial charge in [0.2, 0.25) is 0 Å². The number of rotatable bonds is 5. The number of non-ortho nitro benzene ring substituents is 1. The first kappa shape index (κ1) is 12.6. The Morgan fingerprint density at radius 3 is 2.67 bits per heavy atom. The fraction of sp³-hybridized carbons (Fsp3) is 0.364. The summed E-state index contributed by atoms with van der Waals surface area (Å²) in [5.74, 6) is -0.901. The zero-order valence-electron chi connectivity index (χ0n) is 9.21. The number of nitro benzene ring substituents is 1. The first-order valence-electron chi connectivity index (χ1n) is 5.32. The fourth-order valence-corrected chi connectivity index (χ4v) is 1.80. The van der Waals surface area contributed by atoms with Crippen molar-refractivity contribution in [3.8, 4) is 5.75 Å². The highest BCUT2D eigenvalue weighted by Gasteiger charge is 2.38. The van der Waals surface area contributed by atoms with E-state index in [1.165, 1.54) is 12.1 Å². The Morgan fingerprint density at radius 1 is 1.56 bits per heavy atom. The summed E-state index contributed by atoms with van der Waals surface area (Å²) in [6, 6.07) is 3.69. The van der Waals surface area contributed by atoms with Crippen LogP contribution in [0.15, 0.2) is 18.2 Å². The average Bonchev–Trinajstić information content (AvgIpc) is 3.10. The van der Waals surface area contributed by atoms with Crippen LogP contribution in [0.4, 0.5) is 5.69 Å². The second kappa shape index (κ2) is 4.81. The molecule has 1 saturated carbocycles. The lowest BCUT2D eigenvalue weighted by molar-refractivity contribution is -0.384. The van der Waals surface area contributed by atoms with E-state index in [0.29, 0.717) is 0 Å². The Bertz CT molecular complexity index is 500. The number of nitro groups is 1. The number of carboxylic acid groups (broad SMARTS) is 1. The minimum Gasteiger partial charge on any atom is -0.478 e. The first-order valence-corrected chi connectivity index (χ1v) is 5.70. The van der Waals surface area contributed by atoms with Gasteiger partial charge in [0.25, 0.3) is 5.69 Å². The van der Waals surface area contributed by atoms with Gasteiger partial charge in [-0.05, 0) is 18.9 Å². The molecule has 7 heteroatoms. The van der Waals surface area contributed by atoms with Crippen LogP contribution in [0.1, 0.15) is 12.8 Å². The SMILES string of the molecule is O=C(O)C(Oc1ccc([N+](=O)[O-])cc1Cl)C1CC1. The third-order valence-electron chi connectivity index (χ3n) is 2.67. The van der Waals surface area contributed by atoms with Crippen molar-refractivity contribution in [1.29, 1.82) is 0 Å². The molecule has 0 aliphatic heterocycles. The van der Waals surface area contributed by atoms with Crippen molar-refractivity contribution in [2.45, 2.75) is 18.9 Å². The zero-order valence-corrected chi connectivity index (χ0v) is 9.96. The van der Waals surface area contributed by atoms with Crippen LogP contribution in [0.3, 0.4) is 0 Å². The van der Waals surface area contributed by atoms with E-state index in [-0.39, 0.29) is 22.4 Å². The van der Waals surface area contributed by atoms with Gasteiger partial charge in [-0.15, -0.1) is 0 Å². The number of carboxylic acids is 1. The Labute approximate surface area is 107 Å². The molecule has 1 N–H and O–H groups in total. The van der Waals surface area contributed by atoms with E-state index in [2.05, 4.69) is 0 Å². The van der Waals surface area contributed by atoms with E-state index < -0.39 is 17.0 Å². The molecule has 1 aliphatic carbocycles. The van der Waals surface area contributed by atoms with Gasteiger partial charge >= 0.3 is 5.97 Å². The van der Waals surface area contributed by atoms with Crippen LogP contribution < -0.4 is 4.74 Å². The van der Waals surface area contributed by atoms with E-state index in [0.717, 1.165) is 18.9 Å². The number of hydrogen-bond donors (Lipinski definition) is 1. The van der Waals surface area contributed by atoms with Crippen LogP contribution in [0.2, 0.25) is 5.02 Å². The van der Waals surface area contributed by atoms with E-state index in [1.54, 1.807) is 0 Å². The third kappa shape index (κ3) is 2.70. The van der Waals surface area contributed by atoms with Crippen molar-refractivity contribution < 1.29 is 19.6 Å². The van der Waals surface area contributed by atoms with Crippen molar-refractivity contribution in [2.24, 2.45) is 5.92 Å². The molecular weight excluding hydrogens is 262 g/mol. The second-order valence-electron chi connectivity index (χ2n) is 4.09. The largest absolute Gasteiger partial charge is 0.478 e. The van der Waals surface area contributed by atoms with Crippen LogP contribution in [-0.2, 0) is 4.79 Å². The predicted molar refractivity (Wildman–Crippen MR) is 62.9 cm³/mol. The lowest BCUT2D eigenvalue weighted by Crippen LogP contribution is -2.29. The summed E-state index contributed by atoms with van der Waals surface area (Å²) >= 11 is 5.82. The molecule has 6 nitrogen and oxygen atoms in total. The highest BCUT2D eigenvalue weighted by molar-refractivity contribution is 6.32.